The van der Waals surface area contributed by atoms with E-state index in [2.05, 4.69) is 28.6 Å². The van der Waals surface area contributed by atoms with Crippen LogP contribution < -0.4 is 10.6 Å². The van der Waals surface area contributed by atoms with Gasteiger partial charge in [-0.15, -0.1) is 0 Å². The predicted molar refractivity (Wildman–Crippen MR) is 166 cm³/mol. The first kappa shape index (κ1) is 29.8. The van der Waals surface area contributed by atoms with E-state index in [1.807, 2.05) is 19.0 Å². The molecule has 220 valence electrons. The molecule has 5 N–H and O–H groups in total. The second-order valence-corrected chi connectivity index (χ2v) is 13.6. The van der Waals surface area contributed by atoms with E-state index in [9.17, 15) is 24.9 Å². The van der Waals surface area contributed by atoms with E-state index in [0.717, 1.165) is 36.2 Å². The Kier molecular flexibility index (Phi) is 7.67. The zero-order valence-electron chi connectivity index (χ0n) is 24.7. The van der Waals surface area contributed by atoms with Crippen molar-refractivity contribution < 1.29 is 24.9 Å². The number of phenolic OH excluding ortho intramolecular Hbond substituents is 1. The molecular formula is C30H42BN4O5P. The van der Waals surface area contributed by atoms with Crippen LogP contribution in [0.4, 0.5) is 5.69 Å². The van der Waals surface area contributed by atoms with Gasteiger partial charge in [-0.1, -0.05) is 6.42 Å². The number of primary amides is 1. The molecule has 0 radical (unpaired) electrons. The van der Waals surface area contributed by atoms with Gasteiger partial charge in [0.25, 0.3) is 0 Å². The molecule has 1 saturated heterocycles. The summed E-state index contributed by atoms with van der Waals surface area (Å²) >= 11 is 0. The fraction of sp³-hybridized carbons (Fsp3) is 0.567. The number of carbonyl (C=O) groups is 2. The molecule has 1 unspecified atom stereocenters. The number of aliphatic hydroxyl groups is 2. The SMILES string of the molecule is B=C1C(C(N)=O)=C(O)[C@@H](N(C)C)[C@@H]2C[C@@H]3Cc4c(c(O)cc(CN5CCCC[C@@H]5C)c4N(C)C)C(=O)C3=C(O)[C@]12P. The Morgan fingerprint density at radius 3 is 2.49 bits per heavy atom. The first-order chi connectivity index (χ1) is 19.2. The summed E-state index contributed by atoms with van der Waals surface area (Å²) in [5.41, 5.74) is 8.84. The molecule has 1 aliphatic heterocycles. The molecule has 1 heterocycles. The molecule has 5 rings (SSSR count). The average molecular weight is 580 g/mol. The summed E-state index contributed by atoms with van der Waals surface area (Å²) in [4.78, 5) is 32.9. The fourth-order valence-corrected chi connectivity index (χ4v) is 8.52. The monoisotopic (exact) mass is 580 g/mol. The summed E-state index contributed by atoms with van der Waals surface area (Å²) in [7, 11) is 14.2. The van der Waals surface area contributed by atoms with Gasteiger partial charge in [-0.3, -0.25) is 0 Å². The number of Topliss-reactive ketones (excluding diaryl/α,β-unsaturated/α-hetero) is 1. The minimum atomic E-state index is -1.28. The number of carbonyl (C=O) groups excluding carboxylic acids is 2. The van der Waals surface area contributed by atoms with Gasteiger partial charge in [0.2, 0.25) is 0 Å². The molecular weight excluding hydrogens is 538 g/mol. The molecule has 1 aromatic rings. The van der Waals surface area contributed by atoms with Crippen molar-refractivity contribution in [3.05, 3.63) is 45.4 Å². The standard InChI is InChI=1S/C30H42BN4O5P/c1-14-8-6-7-9-35(14)13-16-12-19(36)21-17(23(16)33(2)3)10-15-11-18-24(34(4)5)26(38)22(29(32)40)27(31)30(18,41)28(39)20(15)25(21)37/h12,14-15,18,24,31,36,38-39H,6-11,13,41H2,1-5H3,(H2,32,40)/t14-,15-,18-,24-,30+/m0/s1. The Morgan fingerprint density at radius 2 is 1.90 bits per heavy atom. The van der Waals surface area contributed by atoms with E-state index in [4.69, 9.17) is 5.73 Å². The van der Waals surface area contributed by atoms with Crippen LogP contribution in [0, 0.1) is 11.8 Å². The molecule has 1 fully saturated rings. The second kappa shape index (κ2) is 10.5. The number of fused-ring (bicyclic) bond motifs is 3. The third-order valence-electron chi connectivity index (χ3n) is 9.84. The summed E-state index contributed by atoms with van der Waals surface area (Å²) < 4.78 is 0. The number of ketones is 1. The van der Waals surface area contributed by atoms with Gasteiger partial charge in [0.15, 0.2) is 0 Å². The average Bonchev–Trinajstić information content (AvgIpc) is 2.86. The zero-order chi connectivity index (χ0) is 30.1. The molecule has 0 bridgehead atoms. The van der Waals surface area contributed by atoms with Crippen molar-refractivity contribution in [3.63, 3.8) is 0 Å². The summed E-state index contributed by atoms with van der Waals surface area (Å²) in [5, 5.41) is 33.1. The van der Waals surface area contributed by atoms with Crippen LogP contribution in [-0.4, -0.2) is 102 Å². The van der Waals surface area contributed by atoms with E-state index < -0.39 is 28.8 Å². The summed E-state index contributed by atoms with van der Waals surface area (Å²) in [5.74, 6) is -2.47. The molecule has 0 aromatic heterocycles. The number of aliphatic hydroxyl groups excluding tert-OH is 2. The summed E-state index contributed by atoms with van der Waals surface area (Å²) in [6, 6.07) is 1.52. The molecule has 0 saturated carbocycles. The maximum atomic E-state index is 14.2. The van der Waals surface area contributed by atoms with Crippen molar-refractivity contribution in [3.8, 4) is 5.75 Å². The third-order valence-corrected chi connectivity index (χ3v) is 10.9. The van der Waals surface area contributed by atoms with E-state index in [1.54, 1.807) is 25.1 Å². The molecule has 1 amide bonds. The first-order valence-electron chi connectivity index (χ1n) is 14.4. The molecule has 41 heavy (non-hydrogen) atoms. The van der Waals surface area contributed by atoms with Gasteiger partial charge in [-0.05, 0) is 19.8 Å². The summed E-state index contributed by atoms with van der Waals surface area (Å²) in [6.07, 6.45) is 4.39. The van der Waals surface area contributed by atoms with Crippen LogP contribution in [0.15, 0.2) is 28.7 Å². The topological polar surface area (TPSA) is 131 Å². The normalized spacial score (nSPS) is 30.3. The number of likely N-dealkylation sites (N-methyl/N-ethyl adjacent to an activating group) is 1. The summed E-state index contributed by atoms with van der Waals surface area (Å²) in [6.45, 7) is 3.91. The molecule has 0 spiro atoms. The number of phenols is 1. The van der Waals surface area contributed by atoms with Gasteiger partial charge >= 0.3 is 219 Å². The Morgan fingerprint density at radius 1 is 1.22 bits per heavy atom. The number of piperidine rings is 1. The van der Waals surface area contributed by atoms with Crippen LogP contribution in [0.2, 0.25) is 0 Å². The van der Waals surface area contributed by atoms with Gasteiger partial charge in [0, 0.05) is 0 Å². The van der Waals surface area contributed by atoms with Crippen LogP contribution in [0.5, 0.6) is 5.75 Å². The Bertz CT molecular complexity index is 1410. The number of rotatable bonds is 5. The maximum absolute atomic E-state index is 14.2. The number of anilines is 1. The fourth-order valence-electron chi connectivity index (χ4n) is 7.90. The quantitative estimate of drug-likeness (QED) is 0.307. The Balaban J connectivity index is 1.66. The van der Waals surface area contributed by atoms with Crippen LogP contribution in [-0.2, 0) is 17.8 Å². The van der Waals surface area contributed by atoms with E-state index in [0.29, 0.717) is 25.4 Å². The molecule has 4 aliphatic rings. The second-order valence-electron chi connectivity index (χ2n) is 12.7. The first-order valence-corrected chi connectivity index (χ1v) is 14.9. The minimum absolute atomic E-state index is 0.0852. The van der Waals surface area contributed by atoms with Gasteiger partial charge in [0.1, 0.15) is 0 Å². The van der Waals surface area contributed by atoms with Crippen molar-refractivity contribution in [2.45, 2.75) is 62.8 Å². The van der Waals surface area contributed by atoms with Gasteiger partial charge in [-0.25, -0.2) is 0 Å². The number of amides is 1. The number of hydrogen-bond acceptors (Lipinski definition) is 8. The van der Waals surface area contributed by atoms with Gasteiger partial charge < -0.3 is 0 Å². The van der Waals surface area contributed by atoms with Crippen molar-refractivity contribution in [2.75, 3.05) is 39.6 Å². The molecule has 11 heteroatoms. The number of likely N-dealkylation sites (tertiary alicyclic amines) is 1. The number of nitrogens with two attached hydrogens (primary N) is 1. The van der Waals surface area contributed by atoms with Crippen LogP contribution in [0.3, 0.4) is 0 Å². The molecule has 1 aromatic carbocycles. The number of aromatic hydroxyl groups is 1. The van der Waals surface area contributed by atoms with Crippen molar-refractivity contribution in [1.29, 1.82) is 0 Å². The number of nitrogens with zero attached hydrogens (tertiary/aromatic N) is 3. The van der Waals surface area contributed by atoms with Crippen molar-refractivity contribution in [2.24, 2.45) is 17.6 Å². The molecule has 3 aliphatic carbocycles. The molecule has 6 atom stereocenters. The van der Waals surface area contributed by atoms with Gasteiger partial charge in [-0.2, -0.15) is 0 Å². The predicted octanol–water partition coefficient (Wildman–Crippen LogP) is 1.95. The Hall–Kier alpha value is -2.68. The van der Waals surface area contributed by atoms with Crippen LogP contribution in [0.1, 0.15) is 54.1 Å². The van der Waals surface area contributed by atoms with E-state index >= 15 is 0 Å². The van der Waals surface area contributed by atoms with Gasteiger partial charge in [0.05, 0.1) is 0 Å². The van der Waals surface area contributed by atoms with Crippen LogP contribution >= 0.6 is 9.24 Å². The zero-order valence-corrected chi connectivity index (χ0v) is 25.9. The van der Waals surface area contributed by atoms with E-state index in [1.165, 1.54) is 6.42 Å². The third kappa shape index (κ3) is 4.45. The molecule has 9 nitrogen and oxygen atoms in total. The number of hydrogen-bond donors (Lipinski definition) is 4. The van der Waals surface area contributed by atoms with Crippen LogP contribution in [0.25, 0.3) is 0 Å². The van der Waals surface area contributed by atoms with E-state index in [-0.39, 0.29) is 45.4 Å². The number of benzene rings is 1. The van der Waals surface area contributed by atoms with Crippen molar-refractivity contribution >= 4 is 39.6 Å². The number of allylic oxidation sites excluding steroid dienone is 2. The Labute approximate surface area is 245 Å². The van der Waals surface area contributed by atoms with Crippen molar-refractivity contribution in [1.82, 2.24) is 9.80 Å².